The molecule has 110 valence electrons. The first kappa shape index (κ1) is 18.4. The zero-order chi connectivity index (χ0) is 12.1. The fourth-order valence-corrected chi connectivity index (χ4v) is 2.36. The molecular weight excluding hydrogens is 283 g/mol. The summed E-state index contributed by atoms with van der Waals surface area (Å²) in [4.78, 5) is 0. The maximum absolute atomic E-state index is 5.84. The van der Waals surface area contributed by atoms with Gasteiger partial charge in [0, 0.05) is 11.8 Å². The molecule has 2 rings (SSSR count). The molecule has 0 aliphatic carbocycles. The van der Waals surface area contributed by atoms with Crippen LogP contribution in [0.15, 0.2) is 18.2 Å². The maximum Gasteiger partial charge on any atom is 0.124 e. The minimum atomic E-state index is 0. The zero-order valence-electron chi connectivity index (χ0n) is 11.4. The molecule has 1 fully saturated rings. The molecule has 0 saturated carbocycles. The van der Waals surface area contributed by atoms with Crippen molar-refractivity contribution in [1.29, 1.82) is 0 Å². The third-order valence-electron chi connectivity index (χ3n) is 3.28. The molecule has 0 radical (unpaired) electrons. The molecule has 3 nitrogen and oxygen atoms in total. The van der Waals surface area contributed by atoms with Crippen molar-refractivity contribution in [1.82, 2.24) is 5.32 Å². The molecule has 5 heteroatoms. The number of hydrogen-bond acceptors (Lipinski definition) is 3. The SMILES string of the molecule is CCCOc1cc(N)ccc1C1CCNCC1.Cl.Cl. The predicted octanol–water partition coefficient (Wildman–Crippen LogP) is 3.37. The van der Waals surface area contributed by atoms with Crippen LogP contribution in [-0.4, -0.2) is 19.7 Å². The summed E-state index contributed by atoms with van der Waals surface area (Å²) in [5, 5.41) is 3.39. The number of nitrogens with two attached hydrogens (primary N) is 1. The van der Waals surface area contributed by atoms with E-state index in [0.29, 0.717) is 5.92 Å². The highest BCUT2D eigenvalue weighted by molar-refractivity contribution is 5.85. The van der Waals surface area contributed by atoms with Gasteiger partial charge in [0.1, 0.15) is 5.75 Å². The normalized spacial score (nSPS) is 15.2. The third kappa shape index (κ3) is 5.09. The van der Waals surface area contributed by atoms with Crippen LogP contribution in [0.25, 0.3) is 0 Å². The molecule has 0 bridgehead atoms. The van der Waals surface area contributed by atoms with Crippen molar-refractivity contribution >= 4 is 30.5 Å². The molecule has 1 heterocycles. The zero-order valence-corrected chi connectivity index (χ0v) is 13.0. The number of anilines is 1. The van der Waals surface area contributed by atoms with Gasteiger partial charge in [-0.15, -0.1) is 24.8 Å². The van der Waals surface area contributed by atoms with Crippen molar-refractivity contribution in [2.24, 2.45) is 0 Å². The van der Waals surface area contributed by atoms with E-state index in [4.69, 9.17) is 10.5 Å². The summed E-state index contributed by atoms with van der Waals surface area (Å²) < 4.78 is 5.82. The molecule has 0 spiro atoms. The van der Waals surface area contributed by atoms with Gasteiger partial charge in [0.25, 0.3) is 0 Å². The van der Waals surface area contributed by atoms with E-state index in [-0.39, 0.29) is 24.8 Å². The second-order valence-corrected chi connectivity index (χ2v) is 4.67. The second kappa shape index (κ2) is 9.29. The molecule has 0 amide bonds. The van der Waals surface area contributed by atoms with Gasteiger partial charge in [-0.2, -0.15) is 0 Å². The summed E-state index contributed by atoms with van der Waals surface area (Å²) in [6.07, 6.45) is 3.40. The monoisotopic (exact) mass is 306 g/mol. The topological polar surface area (TPSA) is 47.3 Å². The number of nitrogen functional groups attached to an aromatic ring is 1. The second-order valence-electron chi connectivity index (χ2n) is 4.67. The van der Waals surface area contributed by atoms with E-state index in [1.165, 1.54) is 18.4 Å². The standard InChI is InChI=1S/C14H22N2O.2ClH/c1-2-9-17-14-10-12(15)3-4-13(14)11-5-7-16-8-6-11;;/h3-4,10-11,16H,2,5-9,15H2,1H3;2*1H. The van der Waals surface area contributed by atoms with Crippen LogP contribution in [0, 0.1) is 0 Å². The predicted molar refractivity (Wildman–Crippen MR) is 86.0 cm³/mol. The van der Waals surface area contributed by atoms with Crippen molar-refractivity contribution in [3.05, 3.63) is 23.8 Å². The number of hydrogen-bond donors (Lipinski definition) is 2. The van der Waals surface area contributed by atoms with Crippen molar-refractivity contribution in [3.63, 3.8) is 0 Å². The highest BCUT2D eigenvalue weighted by atomic mass is 35.5. The quantitative estimate of drug-likeness (QED) is 0.839. The fraction of sp³-hybridized carbons (Fsp3) is 0.571. The fourth-order valence-electron chi connectivity index (χ4n) is 2.36. The number of halogens is 2. The number of nitrogens with one attached hydrogen (secondary N) is 1. The Kier molecular flexibility index (Phi) is 8.98. The molecule has 1 saturated heterocycles. The summed E-state index contributed by atoms with van der Waals surface area (Å²) in [5.74, 6) is 1.60. The Morgan fingerprint density at radius 1 is 1.26 bits per heavy atom. The van der Waals surface area contributed by atoms with Crippen molar-refractivity contribution in [2.75, 3.05) is 25.4 Å². The summed E-state index contributed by atoms with van der Waals surface area (Å²) >= 11 is 0. The first-order chi connectivity index (χ1) is 8.31. The van der Waals surface area contributed by atoms with Crippen LogP contribution >= 0.6 is 24.8 Å². The Morgan fingerprint density at radius 2 is 1.95 bits per heavy atom. The lowest BCUT2D eigenvalue weighted by molar-refractivity contribution is 0.309. The average molecular weight is 307 g/mol. The van der Waals surface area contributed by atoms with Gasteiger partial charge in [0.2, 0.25) is 0 Å². The van der Waals surface area contributed by atoms with Gasteiger partial charge < -0.3 is 15.8 Å². The van der Waals surface area contributed by atoms with Crippen LogP contribution in [0.5, 0.6) is 5.75 Å². The van der Waals surface area contributed by atoms with Crippen LogP contribution < -0.4 is 15.8 Å². The van der Waals surface area contributed by atoms with Crippen LogP contribution in [0.2, 0.25) is 0 Å². The maximum atomic E-state index is 5.84. The Labute approximate surface area is 128 Å². The van der Waals surface area contributed by atoms with E-state index in [0.717, 1.165) is 37.6 Å². The average Bonchev–Trinajstić information content (AvgIpc) is 2.37. The van der Waals surface area contributed by atoms with Gasteiger partial charge in [-0.25, -0.2) is 0 Å². The van der Waals surface area contributed by atoms with Gasteiger partial charge in [-0.05, 0) is 49.9 Å². The Hall–Kier alpha value is -0.640. The Bertz CT molecular complexity index is 368. The van der Waals surface area contributed by atoms with Gasteiger partial charge >= 0.3 is 0 Å². The number of ether oxygens (including phenoxy) is 1. The lowest BCUT2D eigenvalue weighted by Crippen LogP contribution is -2.26. The van der Waals surface area contributed by atoms with E-state index in [1.807, 2.05) is 12.1 Å². The molecule has 1 aliphatic heterocycles. The molecule has 1 aromatic carbocycles. The lowest BCUT2D eigenvalue weighted by Gasteiger charge is -2.25. The van der Waals surface area contributed by atoms with Gasteiger partial charge in [0.15, 0.2) is 0 Å². The number of rotatable bonds is 4. The molecular formula is C14H24Cl2N2O. The van der Waals surface area contributed by atoms with Crippen molar-refractivity contribution in [3.8, 4) is 5.75 Å². The van der Waals surface area contributed by atoms with Crippen molar-refractivity contribution in [2.45, 2.75) is 32.1 Å². The molecule has 0 atom stereocenters. The smallest absolute Gasteiger partial charge is 0.124 e. The minimum Gasteiger partial charge on any atom is -0.493 e. The Morgan fingerprint density at radius 3 is 2.58 bits per heavy atom. The van der Waals surface area contributed by atoms with E-state index in [1.54, 1.807) is 0 Å². The first-order valence-corrected chi connectivity index (χ1v) is 6.54. The minimum absolute atomic E-state index is 0. The third-order valence-corrected chi connectivity index (χ3v) is 3.28. The molecule has 0 aromatic heterocycles. The van der Waals surface area contributed by atoms with Gasteiger partial charge in [0.05, 0.1) is 6.61 Å². The van der Waals surface area contributed by atoms with Crippen LogP contribution in [0.3, 0.4) is 0 Å². The molecule has 1 aliphatic rings. The summed E-state index contributed by atoms with van der Waals surface area (Å²) in [7, 11) is 0. The van der Waals surface area contributed by atoms with Crippen molar-refractivity contribution < 1.29 is 4.74 Å². The highest BCUT2D eigenvalue weighted by Crippen LogP contribution is 2.34. The first-order valence-electron chi connectivity index (χ1n) is 6.54. The number of benzene rings is 1. The van der Waals surface area contributed by atoms with E-state index < -0.39 is 0 Å². The molecule has 19 heavy (non-hydrogen) atoms. The van der Waals surface area contributed by atoms with E-state index in [9.17, 15) is 0 Å². The molecule has 3 N–H and O–H groups in total. The van der Waals surface area contributed by atoms with E-state index >= 15 is 0 Å². The largest absolute Gasteiger partial charge is 0.493 e. The van der Waals surface area contributed by atoms with Gasteiger partial charge in [-0.1, -0.05) is 13.0 Å². The summed E-state index contributed by atoms with van der Waals surface area (Å²) in [6, 6.07) is 6.08. The van der Waals surface area contributed by atoms with Crippen LogP contribution in [0.1, 0.15) is 37.7 Å². The van der Waals surface area contributed by atoms with Crippen LogP contribution in [0.4, 0.5) is 5.69 Å². The van der Waals surface area contributed by atoms with Gasteiger partial charge in [-0.3, -0.25) is 0 Å². The lowest BCUT2D eigenvalue weighted by atomic mass is 9.89. The summed E-state index contributed by atoms with van der Waals surface area (Å²) in [6.45, 7) is 5.09. The highest BCUT2D eigenvalue weighted by Gasteiger charge is 2.19. The Balaban J connectivity index is 0.00000162. The number of piperidine rings is 1. The summed E-state index contributed by atoms with van der Waals surface area (Å²) in [5.41, 5.74) is 7.95. The van der Waals surface area contributed by atoms with Crippen LogP contribution in [-0.2, 0) is 0 Å². The molecule has 0 unspecified atom stereocenters. The van der Waals surface area contributed by atoms with E-state index in [2.05, 4.69) is 18.3 Å². The molecule has 1 aromatic rings.